The summed E-state index contributed by atoms with van der Waals surface area (Å²) in [4.78, 5) is 24.7. The molecular formula is C20H27NO6S. The molecule has 2 aliphatic rings. The average molecular weight is 410 g/mol. The summed E-state index contributed by atoms with van der Waals surface area (Å²) >= 11 is 0. The molecule has 1 aromatic rings. The molecule has 154 valence electrons. The summed E-state index contributed by atoms with van der Waals surface area (Å²) < 4.78 is 38.2. The number of carbonyl (C=O) groups excluding carboxylic acids is 2. The van der Waals surface area contributed by atoms with Gasteiger partial charge >= 0.3 is 5.97 Å². The van der Waals surface area contributed by atoms with Crippen LogP contribution in [0.15, 0.2) is 23.1 Å². The van der Waals surface area contributed by atoms with Crippen LogP contribution in [0.4, 0.5) is 0 Å². The van der Waals surface area contributed by atoms with Crippen molar-refractivity contribution in [2.75, 3.05) is 20.2 Å². The third-order valence-corrected chi connectivity index (χ3v) is 7.24. The van der Waals surface area contributed by atoms with Gasteiger partial charge in [-0.15, -0.1) is 0 Å². The van der Waals surface area contributed by atoms with Crippen molar-refractivity contribution in [3.8, 4) is 5.75 Å². The lowest BCUT2D eigenvalue weighted by Gasteiger charge is -2.22. The van der Waals surface area contributed by atoms with Crippen LogP contribution in [0.3, 0.4) is 0 Å². The van der Waals surface area contributed by atoms with Gasteiger partial charge in [0.25, 0.3) is 0 Å². The summed E-state index contributed by atoms with van der Waals surface area (Å²) in [5.74, 6) is -0.597. The number of sulfonamides is 1. The lowest BCUT2D eigenvalue weighted by molar-refractivity contribution is -0.129. The average Bonchev–Trinajstić information content (AvgIpc) is 2.99. The maximum atomic E-state index is 13.0. The second-order valence-electron chi connectivity index (χ2n) is 7.29. The van der Waals surface area contributed by atoms with E-state index in [2.05, 4.69) is 0 Å². The van der Waals surface area contributed by atoms with Crippen LogP contribution in [0.25, 0.3) is 0 Å². The molecule has 1 heterocycles. The van der Waals surface area contributed by atoms with Gasteiger partial charge in [0.1, 0.15) is 11.3 Å². The second-order valence-corrected chi connectivity index (χ2v) is 9.22. The minimum absolute atomic E-state index is 0.0248. The molecule has 0 bridgehead atoms. The molecule has 1 saturated carbocycles. The Hall–Kier alpha value is -1.93. The van der Waals surface area contributed by atoms with Gasteiger partial charge in [-0.1, -0.05) is 12.8 Å². The van der Waals surface area contributed by atoms with Crippen LogP contribution in [0.1, 0.15) is 61.7 Å². The van der Waals surface area contributed by atoms with Gasteiger partial charge in [-0.25, -0.2) is 13.2 Å². The van der Waals surface area contributed by atoms with Gasteiger partial charge in [-0.05, 0) is 50.3 Å². The summed E-state index contributed by atoms with van der Waals surface area (Å²) in [5, 5.41) is 0. The summed E-state index contributed by atoms with van der Waals surface area (Å²) in [5.41, 5.74) is 0.0248. The van der Waals surface area contributed by atoms with Crippen molar-refractivity contribution >= 4 is 21.8 Å². The SMILES string of the molecule is COc1ccc(S(=O)(=O)N2CCCCCC2)cc1C(=O)OC1CCCCC1=O. The second kappa shape index (κ2) is 9.05. The Labute approximate surface area is 166 Å². The Morgan fingerprint density at radius 2 is 1.79 bits per heavy atom. The molecule has 0 N–H and O–H groups in total. The van der Waals surface area contributed by atoms with Crippen LogP contribution in [-0.2, 0) is 19.6 Å². The number of hydrogen-bond acceptors (Lipinski definition) is 6. The third kappa shape index (κ3) is 4.55. The number of carbonyl (C=O) groups is 2. The maximum Gasteiger partial charge on any atom is 0.342 e. The molecular weight excluding hydrogens is 382 g/mol. The quantitative estimate of drug-likeness (QED) is 0.695. The number of benzene rings is 1. The Balaban J connectivity index is 1.86. The summed E-state index contributed by atoms with van der Waals surface area (Å²) in [7, 11) is -2.30. The van der Waals surface area contributed by atoms with Crippen LogP contribution in [0.5, 0.6) is 5.75 Å². The minimum atomic E-state index is -3.71. The molecule has 1 aliphatic carbocycles. The van der Waals surface area contributed by atoms with Gasteiger partial charge in [0, 0.05) is 19.5 Å². The van der Waals surface area contributed by atoms with Gasteiger partial charge in [-0.2, -0.15) is 4.31 Å². The van der Waals surface area contributed by atoms with Crippen LogP contribution < -0.4 is 4.74 Å². The zero-order valence-electron chi connectivity index (χ0n) is 16.2. The number of Topliss-reactive ketones (excluding diaryl/α,β-unsaturated/α-hetero) is 1. The zero-order valence-corrected chi connectivity index (χ0v) is 17.0. The molecule has 1 aromatic carbocycles. The third-order valence-electron chi connectivity index (χ3n) is 5.34. The van der Waals surface area contributed by atoms with Gasteiger partial charge in [-0.3, -0.25) is 4.79 Å². The first-order valence-corrected chi connectivity index (χ1v) is 11.3. The van der Waals surface area contributed by atoms with E-state index in [0.29, 0.717) is 25.9 Å². The number of esters is 1. The van der Waals surface area contributed by atoms with E-state index in [-0.39, 0.29) is 22.0 Å². The predicted octanol–water partition coefficient (Wildman–Crippen LogP) is 2.93. The fourth-order valence-electron chi connectivity index (χ4n) is 3.71. The number of ether oxygens (including phenoxy) is 2. The molecule has 3 rings (SSSR count). The van der Waals surface area contributed by atoms with Gasteiger partial charge < -0.3 is 9.47 Å². The molecule has 0 radical (unpaired) electrons. The largest absolute Gasteiger partial charge is 0.496 e. The monoisotopic (exact) mass is 409 g/mol. The Morgan fingerprint density at radius 3 is 2.43 bits per heavy atom. The fraction of sp³-hybridized carbons (Fsp3) is 0.600. The molecule has 0 aromatic heterocycles. The Kier molecular flexibility index (Phi) is 6.72. The van der Waals surface area contributed by atoms with Crippen molar-refractivity contribution in [2.45, 2.75) is 62.4 Å². The molecule has 8 heteroatoms. The molecule has 1 unspecified atom stereocenters. The smallest absolute Gasteiger partial charge is 0.342 e. The molecule has 28 heavy (non-hydrogen) atoms. The molecule has 1 saturated heterocycles. The highest BCUT2D eigenvalue weighted by atomic mass is 32.2. The van der Waals surface area contributed by atoms with E-state index in [9.17, 15) is 18.0 Å². The van der Waals surface area contributed by atoms with E-state index in [4.69, 9.17) is 9.47 Å². The van der Waals surface area contributed by atoms with Crippen molar-refractivity contribution in [1.82, 2.24) is 4.31 Å². The Morgan fingerprint density at radius 1 is 1.07 bits per heavy atom. The minimum Gasteiger partial charge on any atom is -0.496 e. The van der Waals surface area contributed by atoms with Crippen LogP contribution in [0, 0.1) is 0 Å². The maximum absolute atomic E-state index is 13.0. The van der Waals surface area contributed by atoms with E-state index in [0.717, 1.165) is 38.5 Å². The van der Waals surface area contributed by atoms with Crippen LogP contribution >= 0.6 is 0 Å². The molecule has 0 amide bonds. The van der Waals surface area contributed by atoms with E-state index >= 15 is 0 Å². The topological polar surface area (TPSA) is 90.0 Å². The van der Waals surface area contributed by atoms with Gasteiger partial charge in [0.05, 0.1) is 12.0 Å². The summed E-state index contributed by atoms with van der Waals surface area (Å²) in [6.45, 7) is 0.954. The first-order valence-electron chi connectivity index (χ1n) is 9.85. The number of nitrogens with zero attached hydrogens (tertiary/aromatic N) is 1. The highest BCUT2D eigenvalue weighted by molar-refractivity contribution is 7.89. The molecule has 1 atom stereocenters. The number of methoxy groups -OCH3 is 1. The highest BCUT2D eigenvalue weighted by Gasteiger charge is 2.30. The molecule has 2 fully saturated rings. The number of ketones is 1. The van der Waals surface area contributed by atoms with Crippen LogP contribution in [0.2, 0.25) is 0 Å². The van der Waals surface area contributed by atoms with Crippen molar-refractivity contribution in [2.24, 2.45) is 0 Å². The van der Waals surface area contributed by atoms with E-state index in [1.165, 1.54) is 29.6 Å². The van der Waals surface area contributed by atoms with E-state index < -0.39 is 22.1 Å². The van der Waals surface area contributed by atoms with Gasteiger partial charge in [0.2, 0.25) is 10.0 Å². The Bertz CT molecular complexity index is 827. The van der Waals surface area contributed by atoms with Crippen molar-refractivity contribution in [3.63, 3.8) is 0 Å². The van der Waals surface area contributed by atoms with Crippen molar-refractivity contribution in [3.05, 3.63) is 23.8 Å². The number of rotatable bonds is 5. The van der Waals surface area contributed by atoms with Crippen LogP contribution in [-0.4, -0.2) is 50.8 Å². The normalized spacial score (nSPS) is 21.8. The zero-order chi connectivity index (χ0) is 20.1. The molecule has 0 spiro atoms. The highest BCUT2D eigenvalue weighted by Crippen LogP contribution is 2.28. The van der Waals surface area contributed by atoms with Crippen molar-refractivity contribution < 1.29 is 27.5 Å². The van der Waals surface area contributed by atoms with E-state index in [1.807, 2.05) is 0 Å². The van der Waals surface area contributed by atoms with Crippen molar-refractivity contribution in [1.29, 1.82) is 0 Å². The molecule has 1 aliphatic heterocycles. The predicted molar refractivity (Wildman–Crippen MR) is 103 cm³/mol. The number of hydrogen-bond donors (Lipinski definition) is 0. The first-order chi connectivity index (χ1) is 13.4. The van der Waals surface area contributed by atoms with Gasteiger partial charge in [0.15, 0.2) is 11.9 Å². The fourth-order valence-corrected chi connectivity index (χ4v) is 5.25. The first kappa shape index (κ1) is 20.8. The molecule has 7 nitrogen and oxygen atoms in total. The van der Waals surface area contributed by atoms with E-state index in [1.54, 1.807) is 0 Å². The summed E-state index contributed by atoms with van der Waals surface area (Å²) in [6, 6.07) is 4.21. The summed E-state index contributed by atoms with van der Waals surface area (Å²) in [6.07, 6.45) is 5.45. The lowest BCUT2D eigenvalue weighted by Crippen LogP contribution is -2.32. The standard InChI is InChI=1S/C20H27NO6S/c1-26-18-11-10-15(28(24,25)21-12-6-2-3-7-13-21)14-16(18)20(23)27-19-9-5-4-8-17(19)22/h10-11,14,19H,2-9,12-13H2,1H3. The lowest BCUT2D eigenvalue weighted by atomic mass is 9.96.